The molecule has 4 heteroatoms. The topological polar surface area (TPSA) is 62.4 Å². The Morgan fingerprint density at radius 2 is 2.00 bits per heavy atom. The third-order valence-corrected chi connectivity index (χ3v) is 3.62. The first-order valence-electron chi connectivity index (χ1n) is 7.18. The maximum atomic E-state index is 9.35. The summed E-state index contributed by atoms with van der Waals surface area (Å²) >= 11 is 0. The third kappa shape index (κ3) is 4.27. The Morgan fingerprint density at radius 3 is 2.42 bits per heavy atom. The lowest BCUT2D eigenvalue weighted by Crippen LogP contribution is -2.46. The second kappa shape index (κ2) is 8.25. The van der Waals surface area contributed by atoms with E-state index in [0.717, 1.165) is 18.5 Å². The molecule has 1 heterocycles. The van der Waals surface area contributed by atoms with E-state index < -0.39 is 0 Å². The van der Waals surface area contributed by atoms with Crippen molar-refractivity contribution in [2.45, 2.75) is 51.7 Å². The van der Waals surface area contributed by atoms with Crippen LogP contribution < -0.4 is 5.73 Å². The molecule has 0 saturated heterocycles. The second-order valence-electron chi connectivity index (χ2n) is 4.99. The maximum Gasteiger partial charge on any atom is 0.0674 e. The largest absolute Gasteiger partial charge is 0.395 e. The minimum absolute atomic E-state index is 0.0259. The molecule has 0 aliphatic heterocycles. The lowest BCUT2D eigenvalue weighted by atomic mass is 9.99. The molecule has 19 heavy (non-hydrogen) atoms. The monoisotopic (exact) mass is 265 g/mol. The highest BCUT2D eigenvalue weighted by atomic mass is 16.3. The van der Waals surface area contributed by atoms with Crippen molar-refractivity contribution in [3.05, 3.63) is 30.1 Å². The number of aliphatic hydroxyl groups is 1. The van der Waals surface area contributed by atoms with Crippen LogP contribution in [0.5, 0.6) is 0 Å². The van der Waals surface area contributed by atoms with E-state index in [9.17, 15) is 5.11 Å². The SMILES string of the molecule is CCC(CC)N(CCO)C(c1ccccn1)C(C)N. The van der Waals surface area contributed by atoms with Gasteiger partial charge in [-0.05, 0) is 31.9 Å². The summed E-state index contributed by atoms with van der Waals surface area (Å²) in [6.45, 7) is 7.14. The Balaban J connectivity index is 3.05. The van der Waals surface area contributed by atoms with Gasteiger partial charge in [-0.1, -0.05) is 19.9 Å². The normalized spacial score (nSPS) is 14.9. The van der Waals surface area contributed by atoms with Crippen LogP contribution in [0.25, 0.3) is 0 Å². The molecule has 0 spiro atoms. The van der Waals surface area contributed by atoms with Crippen LogP contribution in [0.2, 0.25) is 0 Å². The minimum atomic E-state index is -0.0259. The first-order chi connectivity index (χ1) is 9.15. The molecular weight excluding hydrogens is 238 g/mol. The van der Waals surface area contributed by atoms with Gasteiger partial charge in [-0.3, -0.25) is 9.88 Å². The predicted molar refractivity (Wildman–Crippen MR) is 78.8 cm³/mol. The van der Waals surface area contributed by atoms with Crippen molar-refractivity contribution in [3.63, 3.8) is 0 Å². The summed E-state index contributed by atoms with van der Waals surface area (Å²) < 4.78 is 0. The molecular formula is C15H27N3O. The summed E-state index contributed by atoms with van der Waals surface area (Å²) in [6, 6.07) is 6.36. The van der Waals surface area contributed by atoms with Gasteiger partial charge >= 0.3 is 0 Å². The summed E-state index contributed by atoms with van der Waals surface area (Å²) in [5.74, 6) is 0. The molecule has 1 aromatic heterocycles. The molecule has 0 aliphatic carbocycles. The number of nitrogens with zero attached hydrogens (tertiary/aromatic N) is 2. The van der Waals surface area contributed by atoms with Crippen LogP contribution in [-0.2, 0) is 0 Å². The molecule has 0 bridgehead atoms. The van der Waals surface area contributed by atoms with Gasteiger partial charge in [0.05, 0.1) is 18.3 Å². The predicted octanol–water partition coefficient (Wildman–Crippen LogP) is 1.95. The van der Waals surface area contributed by atoms with E-state index >= 15 is 0 Å². The summed E-state index contributed by atoms with van der Waals surface area (Å²) in [7, 11) is 0. The van der Waals surface area contributed by atoms with Crippen molar-refractivity contribution in [1.29, 1.82) is 0 Å². The summed E-state index contributed by atoms with van der Waals surface area (Å²) in [4.78, 5) is 6.75. The molecule has 0 amide bonds. The zero-order valence-electron chi connectivity index (χ0n) is 12.3. The van der Waals surface area contributed by atoms with Crippen molar-refractivity contribution >= 4 is 0 Å². The molecule has 0 radical (unpaired) electrons. The lowest BCUT2D eigenvalue weighted by Gasteiger charge is -2.38. The second-order valence-corrected chi connectivity index (χ2v) is 4.99. The Labute approximate surface area is 116 Å². The molecule has 4 nitrogen and oxygen atoms in total. The summed E-state index contributed by atoms with van der Waals surface area (Å²) in [6.07, 6.45) is 3.90. The van der Waals surface area contributed by atoms with Gasteiger partial charge in [0.15, 0.2) is 0 Å². The van der Waals surface area contributed by atoms with Crippen LogP contribution in [0.15, 0.2) is 24.4 Å². The van der Waals surface area contributed by atoms with Crippen LogP contribution in [0, 0.1) is 0 Å². The zero-order chi connectivity index (χ0) is 14.3. The minimum Gasteiger partial charge on any atom is -0.395 e. The van der Waals surface area contributed by atoms with Crippen molar-refractivity contribution in [3.8, 4) is 0 Å². The molecule has 0 saturated carbocycles. The van der Waals surface area contributed by atoms with E-state index in [1.54, 1.807) is 6.20 Å². The highest BCUT2D eigenvalue weighted by Gasteiger charge is 2.28. The van der Waals surface area contributed by atoms with Gasteiger partial charge in [-0.15, -0.1) is 0 Å². The third-order valence-electron chi connectivity index (χ3n) is 3.62. The highest BCUT2D eigenvalue weighted by Crippen LogP contribution is 2.26. The first-order valence-corrected chi connectivity index (χ1v) is 7.18. The van der Waals surface area contributed by atoms with Crippen LogP contribution in [0.3, 0.4) is 0 Å². The number of nitrogens with two attached hydrogens (primary N) is 1. The smallest absolute Gasteiger partial charge is 0.0674 e. The number of aromatic nitrogens is 1. The van der Waals surface area contributed by atoms with E-state index in [0.29, 0.717) is 12.6 Å². The Kier molecular flexibility index (Phi) is 6.99. The maximum absolute atomic E-state index is 9.35. The fourth-order valence-corrected chi connectivity index (χ4v) is 2.71. The number of hydrogen-bond donors (Lipinski definition) is 2. The van der Waals surface area contributed by atoms with Crippen LogP contribution in [0.4, 0.5) is 0 Å². The van der Waals surface area contributed by atoms with Crippen molar-refractivity contribution in [1.82, 2.24) is 9.88 Å². The van der Waals surface area contributed by atoms with Crippen molar-refractivity contribution in [2.75, 3.05) is 13.2 Å². The average Bonchev–Trinajstić information content (AvgIpc) is 2.41. The van der Waals surface area contributed by atoms with Gasteiger partial charge in [-0.25, -0.2) is 0 Å². The van der Waals surface area contributed by atoms with E-state index in [2.05, 4.69) is 23.7 Å². The average molecular weight is 265 g/mol. The van der Waals surface area contributed by atoms with Crippen molar-refractivity contribution < 1.29 is 5.11 Å². The van der Waals surface area contributed by atoms with E-state index in [-0.39, 0.29) is 18.7 Å². The molecule has 108 valence electrons. The van der Waals surface area contributed by atoms with Crippen LogP contribution in [-0.4, -0.2) is 40.2 Å². The van der Waals surface area contributed by atoms with Gasteiger partial charge in [0.25, 0.3) is 0 Å². The molecule has 2 atom stereocenters. The standard InChI is InChI=1S/C15H27N3O/c1-4-13(5-2)18(10-11-19)15(12(3)16)14-8-6-7-9-17-14/h6-9,12-13,15,19H,4-5,10-11,16H2,1-3H3. The highest BCUT2D eigenvalue weighted by molar-refractivity contribution is 5.11. The van der Waals surface area contributed by atoms with Gasteiger partial charge in [0.2, 0.25) is 0 Å². The first kappa shape index (κ1) is 16.1. The van der Waals surface area contributed by atoms with Crippen LogP contribution in [0.1, 0.15) is 45.3 Å². The molecule has 1 rings (SSSR count). The molecule has 0 aliphatic rings. The lowest BCUT2D eigenvalue weighted by molar-refractivity contribution is 0.0831. The molecule has 3 N–H and O–H groups in total. The van der Waals surface area contributed by atoms with E-state index in [4.69, 9.17) is 5.73 Å². The number of hydrogen-bond acceptors (Lipinski definition) is 4. The van der Waals surface area contributed by atoms with Gasteiger partial charge in [-0.2, -0.15) is 0 Å². The molecule has 2 unspecified atom stereocenters. The number of pyridine rings is 1. The van der Waals surface area contributed by atoms with Gasteiger partial charge in [0, 0.05) is 24.8 Å². The summed E-state index contributed by atoms with van der Waals surface area (Å²) in [5, 5.41) is 9.35. The zero-order valence-corrected chi connectivity index (χ0v) is 12.3. The quantitative estimate of drug-likeness (QED) is 0.754. The Morgan fingerprint density at radius 1 is 1.32 bits per heavy atom. The fourth-order valence-electron chi connectivity index (χ4n) is 2.71. The molecule has 0 aromatic carbocycles. The van der Waals surface area contributed by atoms with E-state index in [1.165, 1.54) is 0 Å². The van der Waals surface area contributed by atoms with Gasteiger partial charge in [0.1, 0.15) is 0 Å². The van der Waals surface area contributed by atoms with E-state index in [1.807, 2.05) is 25.1 Å². The fraction of sp³-hybridized carbons (Fsp3) is 0.667. The van der Waals surface area contributed by atoms with Crippen LogP contribution >= 0.6 is 0 Å². The van der Waals surface area contributed by atoms with Gasteiger partial charge < -0.3 is 10.8 Å². The Hall–Kier alpha value is -0.970. The van der Waals surface area contributed by atoms with Crippen molar-refractivity contribution in [2.24, 2.45) is 5.73 Å². The molecule has 0 fully saturated rings. The number of aliphatic hydroxyl groups excluding tert-OH is 1. The molecule has 1 aromatic rings. The summed E-state index contributed by atoms with van der Waals surface area (Å²) in [5.41, 5.74) is 7.17. The number of rotatable bonds is 8. The Bertz CT molecular complexity index is 339.